The van der Waals surface area contributed by atoms with Gasteiger partial charge in [-0.25, -0.2) is 0 Å². The lowest BCUT2D eigenvalue weighted by atomic mass is 10.2. The van der Waals surface area contributed by atoms with E-state index >= 15 is 0 Å². The molecule has 0 radical (unpaired) electrons. The van der Waals surface area contributed by atoms with Gasteiger partial charge in [-0.3, -0.25) is 19.5 Å². The molecular weight excluding hydrogens is 333 g/mol. The highest BCUT2D eigenvalue weighted by Gasteiger charge is 2.33. The monoisotopic (exact) mass is 351 g/mol. The second-order valence-corrected chi connectivity index (χ2v) is 6.60. The molecular formula is C16H18NO6P. The standard InChI is InChI=1S/C16H18NO6P/c1-4-9-22-24(21,23-10-5-2)16(13(3)18)12-14-7-6-8-15(11-14)17(19)20/h4-8,11-12H,1-2,9-10H2,3H3/b16-12+. The lowest BCUT2D eigenvalue weighted by Gasteiger charge is -2.18. The highest BCUT2D eigenvalue weighted by Crippen LogP contribution is 2.57. The second kappa shape index (κ2) is 9.08. The van der Waals surface area contributed by atoms with Crippen molar-refractivity contribution in [3.63, 3.8) is 0 Å². The first-order valence-electron chi connectivity index (χ1n) is 6.92. The predicted molar refractivity (Wildman–Crippen MR) is 91.7 cm³/mol. The van der Waals surface area contributed by atoms with Crippen molar-refractivity contribution in [2.75, 3.05) is 13.2 Å². The summed E-state index contributed by atoms with van der Waals surface area (Å²) in [5, 5.41) is 10.6. The van der Waals surface area contributed by atoms with E-state index in [0.717, 1.165) is 0 Å². The Morgan fingerprint density at radius 1 is 1.29 bits per heavy atom. The Kier molecular flexibility index (Phi) is 7.45. The van der Waals surface area contributed by atoms with Crippen LogP contribution in [0.5, 0.6) is 0 Å². The number of nitrogens with zero attached hydrogens (tertiary/aromatic N) is 1. The van der Waals surface area contributed by atoms with E-state index in [1.807, 2.05) is 0 Å². The van der Waals surface area contributed by atoms with Crippen LogP contribution in [-0.4, -0.2) is 23.9 Å². The lowest BCUT2D eigenvalue weighted by Crippen LogP contribution is -2.05. The van der Waals surface area contributed by atoms with Gasteiger partial charge in [-0.2, -0.15) is 0 Å². The number of allylic oxidation sites excluding steroid dienone is 1. The number of ketones is 1. The summed E-state index contributed by atoms with van der Waals surface area (Å²) >= 11 is 0. The molecule has 0 aliphatic carbocycles. The molecule has 0 saturated carbocycles. The molecule has 0 spiro atoms. The first-order valence-corrected chi connectivity index (χ1v) is 8.47. The number of nitro groups is 1. The van der Waals surface area contributed by atoms with Crippen LogP contribution in [0.3, 0.4) is 0 Å². The third-order valence-electron chi connectivity index (χ3n) is 2.76. The smallest absolute Gasteiger partial charge is 0.301 e. The fourth-order valence-electron chi connectivity index (χ4n) is 1.74. The predicted octanol–water partition coefficient (Wildman–Crippen LogP) is 4.12. The first kappa shape index (κ1) is 19.7. The Labute approximate surface area is 140 Å². The van der Waals surface area contributed by atoms with E-state index in [1.165, 1.54) is 43.4 Å². The summed E-state index contributed by atoms with van der Waals surface area (Å²) in [6.45, 7) is 7.96. The number of hydrogen-bond donors (Lipinski definition) is 0. The fraction of sp³-hybridized carbons (Fsp3) is 0.188. The number of hydrogen-bond acceptors (Lipinski definition) is 6. The van der Waals surface area contributed by atoms with Crippen LogP contribution in [0.4, 0.5) is 5.69 Å². The molecule has 1 rings (SSSR count). The number of carbonyl (C=O) groups excluding carboxylic acids is 1. The largest absolute Gasteiger partial charge is 0.365 e. The Morgan fingerprint density at radius 2 is 1.88 bits per heavy atom. The zero-order valence-corrected chi connectivity index (χ0v) is 14.1. The molecule has 8 heteroatoms. The van der Waals surface area contributed by atoms with Crippen molar-refractivity contribution in [3.05, 3.63) is 70.6 Å². The van der Waals surface area contributed by atoms with E-state index in [2.05, 4.69) is 13.2 Å². The van der Waals surface area contributed by atoms with Crippen LogP contribution >= 0.6 is 7.60 Å². The summed E-state index contributed by atoms with van der Waals surface area (Å²) in [6, 6.07) is 5.57. The van der Waals surface area contributed by atoms with Gasteiger partial charge in [-0.05, 0) is 18.6 Å². The van der Waals surface area contributed by atoms with Gasteiger partial charge >= 0.3 is 7.60 Å². The van der Waals surface area contributed by atoms with Gasteiger partial charge in [0.05, 0.1) is 18.1 Å². The average molecular weight is 351 g/mol. The summed E-state index contributed by atoms with van der Waals surface area (Å²) in [7, 11) is -3.92. The zero-order chi connectivity index (χ0) is 18.2. The van der Waals surface area contributed by atoms with E-state index in [4.69, 9.17) is 9.05 Å². The summed E-state index contributed by atoms with van der Waals surface area (Å²) < 4.78 is 23.3. The maximum absolute atomic E-state index is 12.9. The molecule has 0 bridgehead atoms. The quantitative estimate of drug-likeness (QED) is 0.207. The molecule has 0 heterocycles. The second-order valence-electron chi connectivity index (χ2n) is 4.60. The van der Waals surface area contributed by atoms with Gasteiger partial charge in [0, 0.05) is 12.1 Å². The van der Waals surface area contributed by atoms with Crippen molar-refractivity contribution >= 4 is 25.1 Å². The van der Waals surface area contributed by atoms with Crippen molar-refractivity contribution in [1.29, 1.82) is 0 Å². The molecule has 0 N–H and O–H groups in total. The normalized spacial score (nSPS) is 11.8. The minimum absolute atomic E-state index is 0.0893. The molecule has 0 amide bonds. The maximum Gasteiger partial charge on any atom is 0.365 e. The van der Waals surface area contributed by atoms with Crippen molar-refractivity contribution < 1.29 is 23.3 Å². The van der Waals surface area contributed by atoms with Crippen molar-refractivity contribution in [1.82, 2.24) is 0 Å². The van der Waals surface area contributed by atoms with Crippen molar-refractivity contribution in [2.45, 2.75) is 6.92 Å². The Morgan fingerprint density at radius 3 is 2.33 bits per heavy atom. The molecule has 0 atom stereocenters. The van der Waals surface area contributed by atoms with E-state index < -0.39 is 18.3 Å². The summed E-state index contributed by atoms with van der Waals surface area (Å²) in [6.07, 6.45) is 4.01. The maximum atomic E-state index is 12.9. The zero-order valence-electron chi connectivity index (χ0n) is 13.2. The highest BCUT2D eigenvalue weighted by atomic mass is 31.2. The molecule has 0 aromatic heterocycles. The van der Waals surface area contributed by atoms with Crippen LogP contribution in [0.1, 0.15) is 12.5 Å². The molecule has 128 valence electrons. The topological polar surface area (TPSA) is 95.7 Å². The number of non-ortho nitro benzene ring substituents is 1. The van der Waals surface area contributed by atoms with E-state index in [1.54, 1.807) is 6.07 Å². The Bertz CT molecular complexity index is 709. The minimum atomic E-state index is -3.92. The third kappa shape index (κ3) is 5.38. The highest BCUT2D eigenvalue weighted by molar-refractivity contribution is 7.60. The molecule has 24 heavy (non-hydrogen) atoms. The molecule has 0 unspecified atom stereocenters. The third-order valence-corrected chi connectivity index (χ3v) is 4.78. The van der Waals surface area contributed by atoms with Gasteiger partial charge in [0.15, 0.2) is 5.78 Å². The van der Waals surface area contributed by atoms with Crippen LogP contribution in [0.25, 0.3) is 6.08 Å². The average Bonchev–Trinajstić information content (AvgIpc) is 2.56. The number of benzene rings is 1. The van der Waals surface area contributed by atoms with Gasteiger partial charge in [0.2, 0.25) is 0 Å². The molecule has 0 aliphatic heterocycles. The van der Waals surface area contributed by atoms with Gasteiger partial charge < -0.3 is 9.05 Å². The Balaban J connectivity index is 3.36. The number of Topliss-reactive ketones (excluding diaryl/α,β-unsaturated/α-hetero) is 1. The SMILES string of the molecule is C=CCOP(=O)(OCC=C)/C(=C/c1cccc([N+](=O)[O-])c1)C(C)=O. The van der Waals surface area contributed by atoms with E-state index in [9.17, 15) is 19.5 Å². The van der Waals surface area contributed by atoms with Gasteiger partial charge in [0.25, 0.3) is 5.69 Å². The van der Waals surface area contributed by atoms with Crippen LogP contribution in [0.15, 0.2) is 54.9 Å². The lowest BCUT2D eigenvalue weighted by molar-refractivity contribution is -0.384. The van der Waals surface area contributed by atoms with Gasteiger partial charge in [0.1, 0.15) is 5.31 Å². The summed E-state index contributed by atoms with van der Waals surface area (Å²) in [4.78, 5) is 22.2. The number of carbonyl (C=O) groups is 1. The van der Waals surface area contributed by atoms with Crippen LogP contribution in [-0.2, 0) is 18.4 Å². The summed E-state index contributed by atoms with van der Waals surface area (Å²) in [5.41, 5.74) is 0.180. The van der Waals surface area contributed by atoms with Crippen molar-refractivity contribution in [2.24, 2.45) is 0 Å². The summed E-state index contributed by atoms with van der Waals surface area (Å²) in [5.74, 6) is -0.530. The van der Waals surface area contributed by atoms with Gasteiger partial charge in [-0.15, -0.1) is 13.2 Å². The molecule has 7 nitrogen and oxygen atoms in total. The van der Waals surface area contributed by atoms with Gasteiger partial charge in [-0.1, -0.05) is 24.3 Å². The number of nitro benzene ring substituents is 1. The Hall–Kier alpha value is -2.34. The minimum Gasteiger partial charge on any atom is -0.301 e. The van der Waals surface area contributed by atoms with Crippen molar-refractivity contribution in [3.8, 4) is 0 Å². The fourth-order valence-corrected chi connectivity index (χ4v) is 3.39. The van der Waals surface area contributed by atoms with E-state index in [-0.39, 0.29) is 24.2 Å². The van der Waals surface area contributed by atoms with Crippen LogP contribution < -0.4 is 0 Å². The molecule has 1 aromatic carbocycles. The van der Waals surface area contributed by atoms with Crippen LogP contribution in [0.2, 0.25) is 0 Å². The number of rotatable bonds is 10. The first-order chi connectivity index (χ1) is 11.3. The van der Waals surface area contributed by atoms with Crippen LogP contribution in [0, 0.1) is 10.1 Å². The molecule has 0 fully saturated rings. The van der Waals surface area contributed by atoms with E-state index in [0.29, 0.717) is 5.56 Å². The molecule has 1 aromatic rings. The molecule has 0 saturated heterocycles. The molecule has 0 aliphatic rings.